The van der Waals surface area contributed by atoms with Crippen molar-refractivity contribution in [2.45, 2.75) is 12.5 Å². The third-order valence-electron chi connectivity index (χ3n) is 4.70. The van der Waals surface area contributed by atoms with Crippen molar-refractivity contribution in [2.24, 2.45) is 19.1 Å². The quantitative estimate of drug-likeness (QED) is 0.616. The lowest BCUT2D eigenvalue weighted by Crippen LogP contribution is -2.37. The van der Waals surface area contributed by atoms with Crippen LogP contribution in [0.25, 0.3) is 10.2 Å². The number of amidine groups is 1. The summed E-state index contributed by atoms with van der Waals surface area (Å²) < 4.78 is 6.59. The molecule has 1 atom stereocenters. The zero-order valence-corrected chi connectivity index (χ0v) is 19.0. The van der Waals surface area contributed by atoms with Crippen molar-refractivity contribution in [1.82, 2.24) is 18.8 Å². The molecule has 1 unspecified atom stereocenters. The number of aliphatic imine (C=N–C) groups is 1. The zero-order valence-electron chi connectivity index (χ0n) is 15.8. The van der Waals surface area contributed by atoms with Crippen molar-refractivity contribution in [2.75, 3.05) is 5.75 Å². The first-order chi connectivity index (χ1) is 14.3. The van der Waals surface area contributed by atoms with Crippen molar-refractivity contribution in [3.05, 3.63) is 60.3 Å². The average molecular weight is 484 g/mol. The number of hydrogen-bond acceptors (Lipinski definition) is 7. The molecular weight excluding hydrogens is 469 g/mol. The summed E-state index contributed by atoms with van der Waals surface area (Å²) in [6.45, 7) is 0. The number of aryl methyl sites for hydroxylation is 1. The van der Waals surface area contributed by atoms with E-state index in [2.05, 4.69) is 14.7 Å². The van der Waals surface area contributed by atoms with Crippen molar-refractivity contribution in [1.29, 1.82) is 0 Å². The molecular formula is C18H15Cl2N5O3S2. The summed E-state index contributed by atoms with van der Waals surface area (Å²) >= 11 is 14.5. The smallest absolute Gasteiger partial charge is 0.305 e. The number of amides is 1. The molecule has 0 aliphatic carbocycles. The Balaban J connectivity index is 1.52. The first kappa shape index (κ1) is 21.1. The fraction of sp³-hybridized carbons (Fsp3) is 0.278. The second kappa shape index (κ2) is 8.18. The maximum absolute atomic E-state index is 12.5. The minimum atomic E-state index is -0.461. The van der Waals surface area contributed by atoms with Gasteiger partial charge in [-0.25, -0.2) is 4.79 Å². The molecule has 0 fully saturated rings. The molecule has 0 saturated heterocycles. The van der Waals surface area contributed by atoms with E-state index >= 15 is 0 Å². The minimum Gasteiger partial charge on any atom is -0.305 e. The lowest BCUT2D eigenvalue weighted by molar-refractivity contribution is -0.119. The molecule has 1 aliphatic heterocycles. The van der Waals surface area contributed by atoms with Gasteiger partial charge in [-0.15, -0.1) is 0 Å². The molecule has 3 aromatic rings. The normalized spacial score (nSPS) is 16.1. The van der Waals surface area contributed by atoms with E-state index in [9.17, 15) is 14.4 Å². The van der Waals surface area contributed by atoms with Crippen LogP contribution in [0.4, 0.5) is 0 Å². The van der Waals surface area contributed by atoms with Gasteiger partial charge in [0.15, 0.2) is 5.17 Å². The molecule has 1 aromatic carbocycles. The first-order valence-electron chi connectivity index (χ1n) is 8.76. The van der Waals surface area contributed by atoms with E-state index in [1.165, 1.54) is 23.4 Å². The number of nitrogens with one attached hydrogen (secondary N) is 1. The molecule has 3 heterocycles. The van der Waals surface area contributed by atoms with Gasteiger partial charge in [0.1, 0.15) is 4.83 Å². The highest BCUT2D eigenvalue weighted by Gasteiger charge is 2.23. The van der Waals surface area contributed by atoms with Gasteiger partial charge in [-0.05, 0) is 29.2 Å². The van der Waals surface area contributed by atoms with Gasteiger partial charge in [0.05, 0.1) is 33.6 Å². The van der Waals surface area contributed by atoms with E-state index in [1.54, 1.807) is 19.2 Å². The third-order valence-corrected chi connectivity index (χ3v) is 7.36. The molecule has 1 N–H and O–H groups in total. The molecule has 156 valence electrons. The highest BCUT2D eigenvalue weighted by molar-refractivity contribution is 8.14. The highest BCUT2D eigenvalue weighted by Crippen LogP contribution is 2.33. The van der Waals surface area contributed by atoms with Crippen LogP contribution in [0, 0.1) is 0 Å². The number of aromatic nitrogens is 3. The Labute approximate surface area is 188 Å². The van der Waals surface area contributed by atoms with Crippen molar-refractivity contribution in [3.63, 3.8) is 0 Å². The largest absolute Gasteiger partial charge is 0.331 e. The molecule has 12 heteroatoms. The molecule has 8 nitrogen and oxygen atoms in total. The summed E-state index contributed by atoms with van der Waals surface area (Å²) in [5, 5.41) is 4.48. The number of nitrogens with zero attached hydrogens (tertiary/aromatic N) is 4. The molecule has 1 amide bonds. The number of hydrogen-bond donors (Lipinski definition) is 1. The predicted molar refractivity (Wildman–Crippen MR) is 121 cm³/mol. The van der Waals surface area contributed by atoms with Crippen LogP contribution in [-0.4, -0.2) is 30.3 Å². The Morgan fingerprint density at radius 3 is 2.73 bits per heavy atom. The summed E-state index contributed by atoms with van der Waals surface area (Å²) in [7, 11) is 2.97. The topological polar surface area (TPSA) is 98.3 Å². The van der Waals surface area contributed by atoms with Gasteiger partial charge in [0.2, 0.25) is 5.91 Å². The Bertz CT molecular complexity index is 1330. The number of rotatable bonds is 3. The van der Waals surface area contributed by atoms with Crippen molar-refractivity contribution in [3.8, 4) is 0 Å². The zero-order chi connectivity index (χ0) is 21.6. The number of carbonyl (C=O) groups is 1. The lowest BCUT2D eigenvalue weighted by atomic mass is 10.1. The summed E-state index contributed by atoms with van der Waals surface area (Å²) in [6.07, 6.45) is -0.0928. The maximum atomic E-state index is 12.5. The SMILES string of the molecule is Cn1c(=O)c2c(CC(=O)NC3=NC(c4ccc(Cl)c(Cl)c4)CS3)nsc2n(C)c1=O. The van der Waals surface area contributed by atoms with Gasteiger partial charge in [-0.1, -0.05) is 41.0 Å². The standard InChI is InChI=1S/C18H15Cl2N5O3S2/c1-24-15(27)14-11(23-30-16(14)25(2)18(24)28)6-13(26)22-17-21-12(7-29-17)8-3-4-9(19)10(20)5-8/h3-5,12H,6-7H2,1-2H3,(H,21,22,26). The molecule has 0 saturated carbocycles. The van der Waals surface area contributed by atoms with Gasteiger partial charge >= 0.3 is 5.69 Å². The summed E-state index contributed by atoms with van der Waals surface area (Å²) in [6, 6.07) is 5.21. The second-order valence-corrected chi connectivity index (χ2v) is 9.25. The van der Waals surface area contributed by atoms with E-state index in [0.29, 0.717) is 31.5 Å². The van der Waals surface area contributed by atoms with Gasteiger partial charge < -0.3 is 5.32 Å². The minimum absolute atomic E-state index is 0.0928. The Morgan fingerprint density at radius 2 is 2.00 bits per heavy atom. The third kappa shape index (κ3) is 3.80. The van der Waals surface area contributed by atoms with E-state index < -0.39 is 11.2 Å². The number of fused-ring (bicyclic) bond motifs is 1. The van der Waals surface area contributed by atoms with Crippen LogP contribution in [-0.2, 0) is 25.3 Å². The van der Waals surface area contributed by atoms with Crippen LogP contribution < -0.4 is 16.6 Å². The molecule has 1 aliphatic rings. The molecule has 0 spiro atoms. The Morgan fingerprint density at radius 1 is 1.23 bits per heavy atom. The number of carbonyl (C=O) groups excluding carboxylic acids is 1. The van der Waals surface area contributed by atoms with Crippen LogP contribution in [0.1, 0.15) is 17.3 Å². The van der Waals surface area contributed by atoms with E-state index in [0.717, 1.165) is 21.7 Å². The molecule has 2 aromatic heterocycles. The van der Waals surface area contributed by atoms with Gasteiger partial charge in [-0.3, -0.25) is 23.7 Å². The van der Waals surface area contributed by atoms with Gasteiger partial charge in [0.25, 0.3) is 5.56 Å². The summed E-state index contributed by atoms with van der Waals surface area (Å²) in [4.78, 5) is 42.1. The second-order valence-electron chi connectivity index (χ2n) is 6.67. The Hall–Kier alpha value is -2.14. The van der Waals surface area contributed by atoms with Crippen LogP contribution in [0.15, 0.2) is 32.8 Å². The van der Waals surface area contributed by atoms with Crippen LogP contribution >= 0.6 is 46.5 Å². The fourth-order valence-corrected chi connectivity index (χ4v) is 5.22. The predicted octanol–water partition coefficient (Wildman–Crippen LogP) is 2.50. The summed E-state index contributed by atoms with van der Waals surface area (Å²) in [5.74, 6) is 0.328. The molecule has 0 radical (unpaired) electrons. The average Bonchev–Trinajstić information content (AvgIpc) is 3.34. The highest BCUT2D eigenvalue weighted by atomic mass is 35.5. The number of benzene rings is 1. The lowest BCUT2D eigenvalue weighted by Gasteiger charge is -2.07. The molecule has 4 rings (SSSR count). The summed E-state index contributed by atoms with van der Waals surface area (Å²) in [5.41, 5.74) is 0.360. The maximum Gasteiger partial charge on any atom is 0.331 e. The van der Waals surface area contributed by atoms with E-state index in [1.807, 2.05) is 6.07 Å². The van der Waals surface area contributed by atoms with Crippen LogP contribution in [0.5, 0.6) is 0 Å². The van der Waals surface area contributed by atoms with Crippen molar-refractivity contribution >= 4 is 67.8 Å². The van der Waals surface area contributed by atoms with E-state index in [4.69, 9.17) is 23.2 Å². The number of halogens is 2. The van der Waals surface area contributed by atoms with Gasteiger partial charge in [-0.2, -0.15) is 4.37 Å². The fourth-order valence-electron chi connectivity index (χ4n) is 3.09. The molecule has 0 bridgehead atoms. The monoisotopic (exact) mass is 483 g/mol. The Kier molecular flexibility index (Phi) is 5.75. The number of thioether (sulfide) groups is 1. The van der Waals surface area contributed by atoms with Crippen LogP contribution in [0.3, 0.4) is 0 Å². The molecule has 30 heavy (non-hydrogen) atoms. The van der Waals surface area contributed by atoms with Crippen LogP contribution in [0.2, 0.25) is 10.0 Å². The first-order valence-corrected chi connectivity index (χ1v) is 11.3. The van der Waals surface area contributed by atoms with Crippen molar-refractivity contribution < 1.29 is 4.79 Å². The van der Waals surface area contributed by atoms with Gasteiger partial charge in [0, 0.05) is 19.8 Å². The van der Waals surface area contributed by atoms with E-state index in [-0.39, 0.29) is 23.8 Å².